The first-order valence-electron chi connectivity index (χ1n) is 11.2. The Labute approximate surface area is 179 Å². The molecule has 1 aliphatic carbocycles. The van der Waals surface area contributed by atoms with E-state index in [0.717, 1.165) is 64.5 Å². The van der Waals surface area contributed by atoms with Crippen LogP contribution < -0.4 is 5.32 Å². The number of ether oxygens (including phenoxy) is 2. The van der Waals surface area contributed by atoms with Gasteiger partial charge in [0.15, 0.2) is 11.6 Å². The number of halogens is 3. The van der Waals surface area contributed by atoms with E-state index in [1.54, 1.807) is 7.11 Å². The fourth-order valence-corrected chi connectivity index (χ4v) is 3.83. The molecule has 0 aromatic heterocycles. The zero-order valence-corrected chi connectivity index (χ0v) is 18.4. The van der Waals surface area contributed by atoms with Crippen molar-refractivity contribution in [3.05, 3.63) is 35.1 Å². The highest BCUT2D eigenvalue weighted by molar-refractivity contribution is 5.20. The van der Waals surface area contributed by atoms with Gasteiger partial charge in [-0.25, -0.2) is 13.2 Å². The van der Waals surface area contributed by atoms with Crippen LogP contribution in [0.25, 0.3) is 0 Å². The molecule has 7 heteroatoms. The summed E-state index contributed by atoms with van der Waals surface area (Å²) in [5.41, 5.74) is 0.164. The zero-order valence-electron chi connectivity index (χ0n) is 18.4. The summed E-state index contributed by atoms with van der Waals surface area (Å²) in [6, 6.07) is 1.80. The maximum Gasteiger partial charge on any atom is 0.161 e. The number of rotatable bonds is 14. The van der Waals surface area contributed by atoms with Crippen LogP contribution in [0.15, 0.2) is 12.1 Å². The van der Waals surface area contributed by atoms with Gasteiger partial charge in [-0.2, -0.15) is 0 Å². The summed E-state index contributed by atoms with van der Waals surface area (Å²) in [4.78, 5) is 2.30. The van der Waals surface area contributed by atoms with Crippen molar-refractivity contribution in [1.82, 2.24) is 10.2 Å². The summed E-state index contributed by atoms with van der Waals surface area (Å²) in [5.74, 6) is -2.87. The van der Waals surface area contributed by atoms with Gasteiger partial charge in [0.05, 0.1) is 12.7 Å². The van der Waals surface area contributed by atoms with Crippen molar-refractivity contribution in [1.29, 1.82) is 0 Å². The molecule has 1 aromatic rings. The van der Waals surface area contributed by atoms with E-state index in [1.807, 2.05) is 0 Å². The lowest BCUT2D eigenvalue weighted by atomic mass is 9.92. The lowest BCUT2D eigenvalue weighted by molar-refractivity contribution is 0.0203. The van der Waals surface area contributed by atoms with Gasteiger partial charge in [0, 0.05) is 44.5 Å². The third kappa shape index (κ3) is 9.33. The normalized spacial score (nSPS) is 19.5. The molecule has 172 valence electrons. The fraction of sp³-hybridized carbons (Fsp3) is 0.739. The molecular formula is C23H37F3N2O2. The summed E-state index contributed by atoms with van der Waals surface area (Å²) in [7, 11) is 3.86. The van der Waals surface area contributed by atoms with Gasteiger partial charge in [0.1, 0.15) is 5.82 Å². The van der Waals surface area contributed by atoms with Crippen molar-refractivity contribution >= 4 is 0 Å². The van der Waals surface area contributed by atoms with Crippen molar-refractivity contribution in [2.24, 2.45) is 0 Å². The number of methoxy groups -OCH3 is 1. The number of hydrogen-bond acceptors (Lipinski definition) is 4. The summed E-state index contributed by atoms with van der Waals surface area (Å²) >= 11 is 0. The number of unbranched alkanes of at least 4 members (excludes halogenated alkanes) is 3. The van der Waals surface area contributed by atoms with Gasteiger partial charge < -0.3 is 19.7 Å². The molecule has 2 rings (SSSR count). The Hall–Kier alpha value is -1.15. The maximum absolute atomic E-state index is 13.7. The minimum absolute atomic E-state index is 0.164. The first kappa shape index (κ1) is 25.1. The Balaban J connectivity index is 1.50. The third-order valence-corrected chi connectivity index (χ3v) is 5.81. The van der Waals surface area contributed by atoms with Crippen molar-refractivity contribution in [2.75, 3.05) is 40.5 Å². The van der Waals surface area contributed by atoms with E-state index in [9.17, 15) is 13.2 Å². The van der Waals surface area contributed by atoms with Crippen LogP contribution in [0.1, 0.15) is 56.9 Å². The van der Waals surface area contributed by atoms with Gasteiger partial charge >= 0.3 is 0 Å². The molecule has 1 aliphatic rings. The van der Waals surface area contributed by atoms with E-state index in [4.69, 9.17) is 9.47 Å². The highest BCUT2D eigenvalue weighted by Gasteiger charge is 2.21. The molecule has 0 spiro atoms. The molecule has 0 aliphatic heterocycles. The van der Waals surface area contributed by atoms with E-state index < -0.39 is 17.5 Å². The summed E-state index contributed by atoms with van der Waals surface area (Å²) in [6.07, 6.45) is 8.85. The second-order valence-corrected chi connectivity index (χ2v) is 8.29. The minimum Gasteiger partial charge on any atom is -0.383 e. The standard InChI is InChI=1S/C23H37F3N2O2/c1-28(12-14-29-2)11-5-3-4-6-13-30-20-9-7-19(8-10-20)27-17-18-15-22(25)23(26)16-21(18)24/h15-16,19-20,27H,3-14,17H2,1-2H3. The van der Waals surface area contributed by atoms with Crippen molar-refractivity contribution in [3.8, 4) is 0 Å². The second-order valence-electron chi connectivity index (χ2n) is 8.29. The smallest absolute Gasteiger partial charge is 0.161 e. The minimum atomic E-state index is -1.15. The second kappa shape index (κ2) is 14.0. The molecule has 1 saturated carbocycles. The number of nitrogens with zero attached hydrogens (tertiary/aromatic N) is 1. The lowest BCUT2D eigenvalue weighted by Gasteiger charge is -2.29. The molecule has 4 nitrogen and oxygen atoms in total. The first-order valence-corrected chi connectivity index (χ1v) is 11.2. The van der Waals surface area contributed by atoms with Gasteiger partial charge in [-0.3, -0.25) is 0 Å². The van der Waals surface area contributed by atoms with Gasteiger partial charge in [-0.15, -0.1) is 0 Å². The zero-order chi connectivity index (χ0) is 21.8. The number of benzene rings is 1. The molecule has 0 amide bonds. The third-order valence-electron chi connectivity index (χ3n) is 5.81. The molecule has 0 radical (unpaired) electrons. The monoisotopic (exact) mass is 430 g/mol. The van der Waals surface area contributed by atoms with Crippen LogP contribution in [0.4, 0.5) is 13.2 Å². The molecule has 0 unspecified atom stereocenters. The van der Waals surface area contributed by atoms with E-state index in [2.05, 4.69) is 17.3 Å². The van der Waals surface area contributed by atoms with Crippen molar-refractivity contribution < 1.29 is 22.6 Å². The molecule has 0 atom stereocenters. The van der Waals surface area contributed by atoms with Gasteiger partial charge in [0.2, 0.25) is 0 Å². The van der Waals surface area contributed by atoms with E-state index in [1.165, 1.54) is 19.3 Å². The van der Waals surface area contributed by atoms with E-state index in [-0.39, 0.29) is 18.2 Å². The molecule has 1 N–H and O–H groups in total. The number of hydrogen-bond donors (Lipinski definition) is 1. The van der Waals surface area contributed by atoms with Crippen LogP contribution in [0.3, 0.4) is 0 Å². The topological polar surface area (TPSA) is 33.7 Å². The Bertz CT molecular complexity index is 610. The average molecular weight is 431 g/mol. The van der Waals surface area contributed by atoms with Crippen LogP contribution in [0, 0.1) is 17.5 Å². The maximum atomic E-state index is 13.7. The van der Waals surface area contributed by atoms with Crippen molar-refractivity contribution in [2.45, 2.75) is 70.1 Å². The Kier molecular flexibility index (Phi) is 11.7. The molecule has 0 heterocycles. The fourth-order valence-electron chi connectivity index (χ4n) is 3.83. The van der Waals surface area contributed by atoms with Gasteiger partial charge in [-0.1, -0.05) is 12.8 Å². The Morgan fingerprint density at radius 1 is 0.900 bits per heavy atom. The van der Waals surface area contributed by atoms with Crippen LogP contribution in [-0.2, 0) is 16.0 Å². The van der Waals surface area contributed by atoms with Crippen LogP contribution >= 0.6 is 0 Å². The highest BCUT2D eigenvalue weighted by Crippen LogP contribution is 2.22. The van der Waals surface area contributed by atoms with E-state index in [0.29, 0.717) is 12.2 Å². The summed E-state index contributed by atoms with van der Waals surface area (Å²) in [6.45, 7) is 3.88. The predicted octanol–water partition coefficient (Wildman–Crippen LogP) is 4.66. The van der Waals surface area contributed by atoms with E-state index >= 15 is 0 Å². The van der Waals surface area contributed by atoms with Crippen LogP contribution in [0.2, 0.25) is 0 Å². The molecule has 0 bridgehead atoms. The van der Waals surface area contributed by atoms with Crippen LogP contribution in [0.5, 0.6) is 0 Å². The number of likely N-dealkylation sites (N-methyl/N-ethyl adjacent to an activating group) is 1. The number of nitrogens with one attached hydrogen (secondary N) is 1. The lowest BCUT2D eigenvalue weighted by Crippen LogP contribution is -2.35. The molecule has 1 fully saturated rings. The molecular weight excluding hydrogens is 393 g/mol. The highest BCUT2D eigenvalue weighted by atomic mass is 19.2. The quantitative estimate of drug-likeness (QED) is 0.344. The molecule has 30 heavy (non-hydrogen) atoms. The predicted molar refractivity (Wildman–Crippen MR) is 113 cm³/mol. The Morgan fingerprint density at radius 2 is 1.60 bits per heavy atom. The Morgan fingerprint density at radius 3 is 2.33 bits per heavy atom. The average Bonchev–Trinajstić information content (AvgIpc) is 2.74. The van der Waals surface area contributed by atoms with Crippen molar-refractivity contribution in [3.63, 3.8) is 0 Å². The van der Waals surface area contributed by atoms with Gasteiger partial charge in [-0.05, 0) is 58.2 Å². The SMILES string of the molecule is COCCN(C)CCCCCCOC1CCC(NCc2cc(F)c(F)cc2F)CC1. The summed E-state index contributed by atoms with van der Waals surface area (Å²) < 4.78 is 51.1. The van der Waals surface area contributed by atoms with Gasteiger partial charge in [0.25, 0.3) is 0 Å². The largest absolute Gasteiger partial charge is 0.383 e. The molecule has 0 saturated heterocycles. The first-order chi connectivity index (χ1) is 14.5. The molecule has 1 aromatic carbocycles. The van der Waals surface area contributed by atoms with Crippen LogP contribution in [-0.4, -0.2) is 57.5 Å². The summed E-state index contributed by atoms with van der Waals surface area (Å²) in [5, 5.41) is 3.26.